The molecule has 1 amide bonds. The van der Waals surface area contributed by atoms with Crippen LogP contribution in [-0.4, -0.2) is 72.9 Å². The fraction of sp³-hybridized carbons (Fsp3) is 0.458. The number of aliphatic hydroxyl groups excluding tert-OH is 1. The predicted molar refractivity (Wildman–Crippen MR) is 116 cm³/mol. The summed E-state index contributed by atoms with van der Waals surface area (Å²) >= 11 is 0. The molecule has 1 fully saturated rings. The molecule has 1 N–H and O–H groups in total. The Kier molecular flexibility index (Phi) is 8.25. The van der Waals surface area contributed by atoms with Crippen LogP contribution in [0.25, 0.3) is 0 Å². The van der Waals surface area contributed by atoms with Gasteiger partial charge in [0.15, 0.2) is 0 Å². The van der Waals surface area contributed by atoms with E-state index < -0.39 is 0 Å². The third-order valence-corrected chi connectivity index (χ3v) is 5.57. The lowest BCUT2D eigenvalue weighted by Gasteiger charge is -2.27. The van der Waals surface area contributed by atoms with Gasteiger partial charge in [-0.2, -0.15) is 0 Å². The molecule has 0 aromatic heterocycles. The second kappa shape index (κ2) is 11.1. The van der Waals surface area contributed by atoms with Gasteiger partial charge >= 0.3 is 0 Å². The van der Waals surface area contributed by atoms with Crippen LogP contribution in [0, 0.1) is 0 Å². The molecule has 0 radical (unpaired) electrons. The number of amides is 1. The topological polar surface area (TPSA) is 62.2 Å². The molecule has 1 aliphatic rings. The lowest BCUT2D eigenvalue weighted by Crippen LogP contribution is -2.42. The Hall–Kier alpha value is -2.41. The number of carbonyl (C=O) groups is 1. The van der Waals surface area contributed by atoms with Gasteiger partial charge in [0.1, 0.15) is 5.75 Å². The van der Waals surface area contributed by atoms with Crippen molar-refractivity contribution in [3.63, 3.8) is 0 Å². The van der Waals surface area contributed by atoms with Gasteiger partial charge in [0.05, 0.1) is 33.0 Å². The van der Waals surface area contributed by atoms with Crippen molar-refractivity contribution in [2.24, 2.45) is 0 Å². The lowest BCUT2D eigenvalue weighted by atomic mass is 10.1. The van der Waals surface area contributed by atoms with Crippen molar-refractivity contribution >= 4 is 5.91 Å². The van der Waals surface area contributed by atoms with E-state index in [1.165, 1.54) is 5.56 Å². The Labute approximate surface area is 179 Å². The summed E-state index contributed by atoms with van der Waals surface area (Å²) in [5.74, 6) is 0.880. The van der Waals surface area contributed by atoms with Crippen LogP contribution in [0.15, 0.2) is 54.6 Å². The average Bonchev–Trinajstić information content (AvgIpc) is 2.95. The number of rotatable bonds is 9. The summed E-state index contributed by atoms with van der Waals surface area (Å²) in [5, 5.41) is 9.61. The van der Waals surface area contributed by atoms with Gasteiger partial charge in [0, 0.05) is 25.7 Å². The van der Waals surface area contributed by atoms with E-state index in [0.29, 0.717) is 32.8 Å². The quantitative estimate of drug-likeness (QED) is 0.685. The second-order valence-corrected chi connectivity index (χ2v) is 7.82. The lowest BCUT2D eigenvalue weighted by molar-refractivity contribution is -0.132. The molecular weight excluding hydrogens is 380 g/mol. The zero-order valence-electron chi connectivity index (χ0n) is 17.9. The van der Waals surface area contributed by atoms with E-state index in [4.69, 9.17) is 9.47 Å². The Balaban J connectivity index is 1.67. The van der Waals surface area contributed by atoms with Crippen LogP contribution in [0.5, 0.6) is 5.75 Å². The zero-order valence-corrected chi connectivity index (χ0v) is 17.9. The number of methoxy groups -OCH3 is 1. The summed E-state index contributed by atoms with van der Waals surface area (Å²) in [6.07, 6.45) is 0.678. The zero-order chi connectivity index (χ0) is 21.3. The van der Waals surface area contributed by atoms with E-state index in [-0.39, 0.29) is 24.7 Å². The number of benzene rings is 2. The van der Waals surface area contributed by atoms with Crippen molar-refractivity contribution in [1.82, 2.24) is 9.80 Å². The smallest absolute Gasteiger partial charge is 0.236 e. The van der Waals surface area contributed by atoms with Gasteiger partial charge in [0.25, 0.3) is 0 Å². The van der Waals surface area contributed by atoms with E-state index in [1.807, 2.05) is 59.2 Å². The molecule has 3 rings (SSSR count). The molecular formula is C24H32N2O4. The highest BCUT2D eigenvalue weighted by Crippen LogP contribution is 2.17. The Morgan fingerprint density at radius 1 is 1.10 bits per heavy atom. The summed E-state index contributed by atoms with van der Waals surface area (Å²) in [6.45, 7) is 4.51. The molecule has 2 aromatic carbocycles. The number of hydrogen-bond donors (Lipinski definition) is 1. The normalized spacial score (nSPS) is 18.8. The van der Waals surface area contributed by atoms with E-state index >= 15 is 0 Å². The highest BCUT2D eigenvalue weighted by atomic mass is 16.5. The molecule has 6 heteroatoms. The van der Waals surface area contributed by atoms with Gasteiger partial charge in [-0.15, -0.1) is 0 Å². The molecule has 0 unspecified atom stereocenters. The fourth-order valence-electron chi connectivity index (χ4n) is 3.66. The number of ether oxygens (including phenoxy) is 2. The van der Waals surface area contributed by atoms with Gasteiger partial charge in [0.2, 0.25) is 5.91 Å². The summed E-state index contributed by atoms with van der Waals surface area (Å²) in [4.78, 5) is 16.8. The minimum atomic E-state index is -0.132. The maximum atomic E-state index is 12.9. The predicted octanol–water partition coefficient (Wildman–Crippen LogP) is 2.35. The first-order valence-electron chi connectivity index (χ1n) is 10.5. The van der Waals surface area contributed by atoms with E-state index in [0.717, 1.165) is 17.7 Å². The third-order valence-electron chi connectivity index (χ3n) is 5.57. The minimum Gasteiger partial charge on any atom is -0.497 e. The minimum absolute atomic E-state index is 0.0138. The van der Waals surface area contributed by atoms with Gasteiger partial charge in [-0.1, -0.05) is 42.5 Å². The van der Waals surface area contributed by atoms with Crippen LogP contribution in [0.1, 0.15) is 18.1 Å². The molecule has 0 spiro atoms. The van der Waals surface area contributed by atoms with Crippen LogP contribution in [0.3, 0.4) is 0 Å². The first-order valence-corrected chi connectivity index (χ1v) is 10.5. The SMILES string of the molecule is COc1cccc(CO[C@H]2CN(CCc3ccccc3)C(=O)CN([C@H](C)CO)C2)c1. The molecule has 0 bridgehead atoms. The van der Waals surface area contributed by atoms with Crippen molar-refractivity contribution in [1.29, 1.82) is 0 Å². The van der Waals surface area contributed by atoms with E-state index in [2.05, 4.69) is 12.1 Å². The Morgan fingerprint density at radius 2 is 1.87 bits per heavy atom. The summed E-state index contributed by atoms with van der Waals surface area (Å²) in [7, 11) is 1.65. The molecule has 2 atom stereocenters. The number of aliphatic hydroxyl groups is 1. The summed E-state index contributed by atoms with van der Waals surface area (Å²) in [5.41, 5.74) is 2.24. The van der Waals surface area contributed by atoms with Crippen LogP contribution in [0.2, 0.25) is 0 Å². The van der Waals surface area contributed by atoms with Crippen molar-refractivity contribution in [3.8, 4) is 5.75 Å². The van der Waals surface area contributed by atoms with Crippen LogP contribution >= 0.6 is 0 Å². The largest absolute Gasteiger partial charge is 0.497 e. The summed E-state index contributed by atoms with van der Waals surface area (Å²) in [6, 6.07) is 17.9. The molecule has 1 heterocycles. The number of hydrogen-bond acceptors (Lipinski definition) is 5. The molecule has 0 aliphatic carbocycles. The second-order valence-electron chi connectivity index (χ2n) is 7.82. The maximum Gasteiger partial charge on any atom is 0.236 e. The van der Waals surface area contributed by atoms with Gasteiger partial charge in [-0.05, 0) is 36.6 Å². The Morgan fingerprint density at radius 3 is 2.60 bits per heavy atom. The third kappa shape index (κ3) is 6.29. The van der Waals surface area contributed by atoms with E-state index in [1.54, 1.807) is 7.11 Å². The first-order chi connectivity index (χ1) is 14.6. The highest BCUT2D eigenvalue weighted by molar-refractivity contribution is 5.78. The first kappa shape index (κ1) is 22.3. The number of nitrogens with zero attached hydrogens (tertiary/aromatic N) is 2. The standard InChI is InChI=1S/C24H32N2O4/c1-19(17-27)26-15-23(30-18-21-9-6-10-22(13-21)29-2)14-25(24(28)16-26)12-11-20-7-4-3-5-8-20/h3-10,13,19,23,27H,11-12,14-18H2,1-2H3/t19-,23+/m1/s1. The van der Waals surface area contributed by atoms with Gasteiger partial charge in [-0.25, -0.2) is 0 Å². The van der Waals surface area contributed by atoms with E-state index in [9.17, 15) is 9.90 Å². The molecule has 162 valence electrons. The molecule has 2 aromatic rings. The molecule has 0 saturated carbocycles. The van der Waals surface area contributed by atoms with Gasteiger partial charge < -0.3 is 19.5 Å². The molecule has 1 saturated heterocycles. The van der Waals surface area contributed by atoms with Crippen LogP contribution in [0.4, 0.5) is 0 Å². The monoisotopic (exact) mass is 412 g/mol. The molecule has 6 nitrogen and oxygen atoms in total. The van der Waals surface area contributed by atoms with Crippen molar-refractivity contribution in [3.05, 3.63) is 65.7 Å². The molecule has 30 heavy (non-hydrogen) atoms. The number of carbonyl (C=O) groups excluding carboxylic acids is 1. The fourth-order valence-corrected chi connectivity index (χ4v) is 3.66. The highest BCUT2D eigenvalue weighted by Gasteiger charge is 2.30. The van der Waals surface area contributed by atoms with Crippen molar-refractivity contribution in [2.75, 3.05) is 39.9 Å². The van der Waals surface area contributed by atoms with Gasteiger partial charge in [-0.3, -0.25) is 9.69 Å². The van der Waals surface area contributed by atoms with Crippen LogP contribution < -0.4 is 4.74 Å². The maximum absolute atomic E-state index is 12.9. The van der Waals surface area contributed by atoms with Crippen molar-refractivity contribution < 1.29 is 19.4 Å². The summed E-state index contributed by atoms with van der Waals surface area (Å²) < 4.78 is 11.5. The molecule has 1 aliphatic heterocycles. The van der Waals surface area contributed by atoms with Crippen LogP contribution in [-0.2, 0) is 22.6 Å². The Bertz CT molecular complexity index is 799. The van der Waals surface area contributed by atoms with Crippen molar-refractivity contribution in [2.45, 2.75) is 32.1 Å². The average molecular weight is 413 g/mol.